The largest absolute Gasteiger partial charge is 0.454 e. The van der Waals surface area contributed by atoms with Gasteiger partial charge >= 0.3 is 10.9 Å². The minimum Gasteiger partial charge on any atom is -0.454 e. The SMILES string of the molecule is O=C1[C@H]2Cc3c([nH]c4ccccc34)[C@@H](c3ccc4c(c3)OCO4)N2C(=O)CN1Cc1cn(CCCCCCCCOc2no[n+]([O-])c2S(=O)(=O)c2ccccc2)nn1. The molecule has 58 heavy (non-hydrogen) atoms. The van der Waals surface area contributed by atoms with E-state index in [4.69, 9.17) is 14.2 Å². The lowest BCUT2D eigenvalue weighted by Crippen LogP contribution is -2.62. The van der Waals surface area contributed by atoms with E-state index in [2.05, 4.69) is 25.1 Å². The molecule has 0 saturated carbocycles. The fraction of sp³-hybridized carbons (Fsp3) is 0.350. The normalized spacial score (nSPS) is 17.5. The summed E-state index contributed by atoms with van der Waals surface area (Å²) in [6.07, 6.45) is 7.42. The van der Waals surface area contributed by atoms with Crippen molar-refractivity contribution in [2.24, 2.45) is 0 Å². The fourth-order valence-electron chi connectivity index (χ4n) is 8.10. The van der Waals surface area contributed by atoms with Crippen LogP contribution in [0.3, 0.4) is 0 Å². The van der Waals surface area contributed by atoms with E-state index in [9.17, 15) is 23.2 Å². The highest BCUT2D eigenvalue weighted by Crippen LogP contribution is 2.45. The molecule has 3 aromatic heterocycles. The van der Waals surface area contributed by atoms with Gasteiger partial charge in [-0.2, -0.15) is 0 Å². The number of hydrogen-bond acceptors (Lipinski definition) is 12. The van der Waals surface area contributed by atoms with Crippen LogP contribution < -0.4 is 19.1 Å². The van der Waals surface area contributed by atoms with E-state index < -0.39 is 26.9 Å². The van der Waals surface area contributed by atoms with Crippen molar-refractivity contribution in [3.63, 3.8) is 0 Å². The molecule has 0 aliphatic carbocycles. The van der Waals surface area contributed by atoms with Crippen molar-refractivity contribution in [1.82, 2.24) is 34.9 Å². The van der Waals surface area contributed by atoms with Crippen molar-refractivity contribution in [2.45, 2.75) is 80.0 Å². The summed E-state index contributed by atoms with van der Waals surface area (Å²) >= 11 is 0. The summed E-state index contributed by atoms with van der Waals surface area (Å²) in [6.45, 7) is 1.07. The number of fused-ring (bicyclic) bond motifs is 5. The van der Waals surface area contributed by atoms with E-state index in [-0.39, 0.29) is 54.0 Å². The van der Waals surface area contributed by atoms with Crippen LogP contribution in [0.4, 0.5) is 0 Å². The van der Waals surface area contributed by atoms with Crippen molar-refractivity contribution in [3.8, 4) is 17.4 Å². The number of rotatable bonds is 15. The molecule has 9 rings (SSSR count). The first-order chi connectivity index (χ1) is 28.3. The molecule has 300 valence electrons. The van der Waals surface area contributed by atoms with Gasteiger partial charge in [0.15, 0.2) is 11.5 Å². The maximum Gasteiger partial charge on any atom is 0.414 e. The minimum absolute atomic E-state index is 0.0577. The molecule has 3 aliphatic heterocycles. The Kier molecular flexibility index (Phi) is 9.92. The van der Waals surface area contributed by atoms with Gasteiger partial charge in [0.2, 0.25) is 18.6 Å². The third-order valence-corrected chi connectivity index (χ3v) is 12.6. The Morgan fingerprint density at radius 1 is 0.931 bits per heavy atom. The molecule has 6 heterocycles. The summed E-state index contributed by atoms with van der Waals surface area (Å²) in [5, 5.41) is 24.6. The number of nitrogens with zero attached hydrogens (tertiary/aromatic N) is 7. The molecule has 2 amide bonds. The second-order valence-corrected chi connectivity index (χ2v) is 16.5. The third-order valence-electron chi connectivity index (χ3n) is 10.9. The van der Waals surface area contributed by atoms with Crippen LogP contribution in [0.5, 0.6) is 17.4 Å². The molecule has 6 aromatic rings. The van der Waals surface area contributed by atoms with Gasteiger partial charge in [-0.1, -0.05) is 73.4 Å². The fourth-order valence-corrected chi connectivity index (χ4v) is 9.39. The molecule has 0 unspecified atom stereocenters. The van der Waals surface area contributed by atoms with E-state index >= 15 is 0 Å². The van der Waals surface area contributed by atoms with Gasteiger partial charge in [-0.15, -0.1) is 5.10 Å². The number of carbonyl (C=O) groups is 2. The summed E-state index contributed by atoms with van der Waals surface area (Å²) in [6, 6.07) is 20.0. The van der Waals surface area contributed by atoms with Crippen LogP contribution in [-0.2, 0) is 38.9 Å². The summed E-state index contributed by atoms with van der Waals surface area (Å²) in [7, 11) is -4.16. The van der Waals surface area contributed by atoms with Crippen molar-refractivity contribution in [2.75, 3.05) is 19.9 Å². The van der Waals surface area contributed by atoms with Gasteiger partial charge in [0.05, 0.1) is 35.4 Å². The Morgan fingerprint density at radius 3 is 2.57 bits per heavy atom. The molecular formula is C40H40N8O9S. The number of carbonyl (C=O) groups excluding carboxylic acids is 2. The molecule has 18 heteroatoms. The van der Waals surface area contributed by atoms with Crippen molar-refractivity contribution in [3.05, 3.63) is 107 Å². The predicted molar refractivity (Wildman–Crippen MR) is 203 cm³/mol. The zero-order valence-electron chi connectivity index (χ0n) is 31.4. The van der Waals surface area contributed by atoms with Gasteiger partial charge in [0.25, 0.3) is 9.84 Å². The molecule has 17 nitrogen and oxygen atoms in total. The lowest BCUT2D eigenvalue weighted by Gasteiger charge is -2.47. The van der Waals surface area contributed by atoms with Gasteiger partial charge in [0, 0.05) is 29.6 Å². The number of aromatic amines is 1. The highest BCUT2D eigenvalue weighted by atomic mass is 32.2. The topological polar surface area (TPSA) is 202 Å². The second-order valence-electron chi connectivity index (χ2n) is 14.6. The zero-order chi connectivity index (χ0) is 39.8. The maximum atomic E-state index is 14.2. The lowest BCUT2D eigenvalue weighted by atomic mass is 9.86. The van der Waals surface area contributed by atoms with Gasteiger partial charge < -0.3 is 34.2 Å². The number of nitrogens with one attached hydrogen (secondary N) is 1. The maximum absolute atomic E-state index is 14.2. The average molecular weight is 809 g/mol. The van der Waals surface area contributed by atoms with E-state index in [0.717, 1.165) is 59.8 Å². The summed E-state index contributed by atoms with van der Waals surface area (Å²) in [4.78, 5) is 35.0. The number of amides is 2. The minimum atomic E-state index is -4.16. The van der Waals surface area contributed by atoms with Crippen LogP contribution in [0.25, 0.3) is 10.9 Å². The molecule has 1 fully saturated rings. The third kappa shape index (κ3) is 6.97. The molecule has 2 atom stereocenters. The number of ether oxygens (including phenoxy) is 3. The number of aryl methyl sites for hydroxylation is 1. The molecule has 1 N–H and O–H groups in total. The van der Waals surface area contributed by atoms with Crippen molar-refractivity contribution >= 4 is 32.6 Å². The van der Waals surface area contributed by atoms with Gasteiger partial charge in [-0.25, -0.2) is 8.42 Å². The number of aromatic nitrogens is 6. The predicted octanol–water partition coefficient (Wildman–Crippen LogP) is 4.25. The molecule has 0 spiro atoms. The van der Waals surface area contributed by atoms with Gasteiger partial charge in [0.1, 0.15) is 18.3 Å². The smallest absolute Gasteiger partial charge is 0.414 e. The van der Waals surface area contributed by atoms with Crippen LogP contribution in [0, 0.1) is 5.21 Å². The standard InChI is InChI=1S/C40H40N8O9S/c49-35-24-45(39(50)32-21-30-29-14-8-9-15-31(29)41-36(30)37(47(32)35)26-16-17-33-34(20-26)56-25-55-33)22-27-23-46(44-42-27)18-10-3-1-2-4-11-19-54-38-40(48(51)57-43-38)58(52,53)28-12-6-5-7-13-28/h5-9,12-17,20,23,32,37,41H,1-4,10-11,18-19,21-22,24-25H2/t32-,37-/m1/s1. The second kappa shape index (κ2) is 15.5. The monoisotopic (exact) mass is 808 g/mol. The molecular weight excluding hydrogens is 769 g/mol. The Bertz CT molecular complexity index is 2590. The number of unbranched alkanes of at least 4 members (excludes halogenated alkanes) is 5. The highest BCUT2D eigenvalue weighted by molar-refractivity contribution is 7.91. The molecule has 3 aliphatic rings. The van der Waals surface area contributed by atoms with E-state index in [0.29, 0.717) is 36.6 Å². The molecule has 0 bridgehead atoms. The Balaban J connectivity index is 0.763. The Labute approximate surface area is 332 Å². The number of hydrogen-bond donors (Lipinski definition) is 1. The first-order valence-corrected chi connectivity index (χ1v) is 20.8. The van der Waals surface area contributed by atoms with Crippen LogP contribution >= 0.6 is 0 Å². The Hall–Kier alpha value is -6.43. The first kappa shape index (κ1) is 37.2. The number of benzene rings is 3. The van der Waals surface area contributed by atoms with E-state index in [1.54, 1.807) is 32.7 Å². The average Bonchev–Trinajstić information content (AvgIpc) is 4.05. The summed E-state index contributed by atoms with van der Waals surface area (Å²) in [5.41, 5.74) is 4.33. The van der Waals surface area contributed by atoms with E-state index in [1.165, 1.54) is 12.1 Å². The quantitative estimate of drug-likeness (QED) is 0.114. The zero-order valence-corrected chi connectivity index (χ0v) is 32.2. The van der Waals surface area contributed by atoms with Gasteiger partial charge in [-0.05, 0) is 59.2 Å². The number of piperazine rings is 1. The van der Waals surface area contributed by atoms with E-state index in [1.807, 2.05) is 48.7 Å². The Morgan fingerprint density at radius 2 is 1.71 bits per heavy atom. The van der Waals surface area contributed by atoms with Crippen LogP contribution in [-0.4, -0.2) is 81.2 Å². The van der Waals surface area contributed by atoms with Crippen molar-refractivity contribution in [1.29, 1.82) is 0 Å². The lowest BCUT2D eigenvalue weighted by molar-refractivity contribution is -0.832. The molecule has 3 aromatic carbocycles. The van der Waals surface area contributed by atoms with Crippen molar-refractivity contribution < 1.29 is 41.7 Å². The molecule has 1 saturated heterocycles. The first-order valence-electron chi connectivity index (χ1n) is 19.3. The number of sulfone groups is 1. The van der Waals surface area contributed by atoms with Crippen LogP contribution in [0.1, 0.15) is 67.1 Å². The summed E-state index contributed by atoms with van der Waals surface area (Å²) in [5.74, 6) is 0.627. The van der Waals surface area contributed by atoms with Crippen LogP contribution in [0.15, 0.2) is 93.5 Å². The number of H-pyrrole nitrogens is 1. The highest BCUT2D eigenvalue weighted by Gasteiger charge is 2.48. The summed E-state index contributed by atoms with van der Waals surface area (Å²) < 4.78 is 48.9. The van der Waals surface area contributed by atoms with Gasteiger partial charge in [-0.3, -0.25) is 18.9 Å². The number of para-hydroxylation sites is 1. The van der Waals surface area contributed by atoms with Crippen LogP contribution in [0.2, 0.25) is 0 Å². The molecule has 0 radical (unpaired) electrons.